The van der Waals surface area contributed by atoms with Gasteiger partial charge in [0.2, 0.25) is 76.8 Å². The van der Waals surface area contributed by atoms with Crippen LogP contribution in [0.25, 0.3) is 22.0 Å². The van der Waals surface area contributed by atoms with Crippen LogP contribution in [0.4, 0.5) is 10.5 Å². The summed E-state index contributed by atoms with van der Waals surface area (Å²) in [7, 11) is 0. The Morgan fingerprint density at radius 3 is 1.67 bits per heavy atom. The van der Waals surface area contributed by atoms with Crippen LogP contribution in [0.2, 0.25) is 0 Å². The van der Waals surface area contributed by atoms with Crippen LogP contribution in [0.1, 0.15) is 118 Å². The topological polar surface area (TPSA) is 685 Å². The van der Waals surface area contributed by atoms with Crippen molar-refractivity contribution in [2.24, 2.45) is 11.7 Å². The molecule has 1 saturated heterocycles. The number of esters is 1. The van der Waals surface area contributed by atoms with E-state index in [1.165, 1.54) is 30.5 Å². The highest BCUT2D eigenvalue weighted by Crippen LogP contribution is 2.44. The van der Waals surface area contributed by atoms with E-state index in [0.717, 1.165) is 43.0 Å². The quantitative estimate of drug-likeness (QED) is 0.0124. The molecule has 0 saturated carbocycles. The number of hydrogen-bond donors (Lipinski definition) is 21. The smallest absolute Gasteiger partial charge is 0.407 e. The Bertz CT molecular complexity index is 4740. The number of carboxylic acids is 4. The largest absolute Gasteiger partial charge is 0.481 e. The van der Waals surface area contributed by atoms with Crippen molar-refractivity contribution in [3.8, 4) is 11.1 Å². The van der Waals surface area contributed by atoms with Crippen molar-refractivity contribution in [3.05, 3.63) is 126 Å². The molecule has 2 aliphatic rings. The van der Waals surface area contributed by atoms with Gasteiger partial charge in [-0.2, -0.15) is 0 Å². The number of cyclic esters (lactones) is 1. The van der Waals surface area contributed by atoms with Crippen LogP contribution in [0.15, 0.2) is 103 Å². The molecular formula is C78H94N16O27. The van der Waals surface area contributed by atoms with Crippen molar-refractivity contribution < 1.29 is 131 Å². The number of hydrogen-bond acceptors (Lipinski definition) is 24. The number of carbonyl (C=O) groups is 20. The second-order valence-electron chi connectivity index (χ2n) is 28.5. The van der Waals surface area contributed by atoms with E-state index in [0.29, 0.717) is 22.9 Å². The Morgan fingerprint density at radius 1 is 0.545 bits per heavy atom. The first-order valence-corrected chi connectivity index (χ1v) is 37.9. The van der Waals surface area contributed by atoms with Crippen LogP contribution in [0.5, 0.6) is 0 Å². The molecule has 648 valence electrons. The number of aromatic nitrogens is 1. The Hall–Kier alpha value is -14.4. The number of ketones is 1. The minimum absolute atomic E-state index is 0.118. The summed E-state index contributed by atoms with van der Waals surface area (Å²) in [5.41, 5.74) is 15.8. The van der Waals surface area contributed by atoms with Crippen molar-refractivity contribution in [1.29, 1.82) is 0 Å². The number of anilines is 1. The summed E-state index contributed by atoms with van der Waals surface area (Å²) in [6, 6.07) is 3.99. The molecule has 121 heavy (non-hydrogen) atoms. The molecule has 43 nitrogen and oxygen atoms in total. The zero-order chi connectivity index (χ0) is 89.1. The number of nitrogen functional groups attached to an aromatic ring is 1. The number of amides is 14. The number of carbonyl (C=O) groups excluding carboxylic acids is 16. The fourth-order valence-corrected chi connectivity index (χ4v) is 13.1. The van der Waals surface area contributed by atoms with Gasteiger partial charge in [-0.3, -0.25) is 86.3 Å². The molecule has 0 bridgehead atoms. The molecule has 43 heteroatoms. The molecule has 1 aliphatic heterocycles. The third-order valence-electron chi connectivity index (χ3n) is 19.3. The van der Waals surface area contributed by atoms with Gasteiger partial charge in [-0.15, -0.1) is 0 Å². The highest BCUT2D eigenvalue weighted by atomic mass is 16.6. The van der Waals surface area contributed by atoms with Gasteiger partial charge in [-0.1, -0.05) is 106 Å². The second-order valence-corrected chi connectivity index (χ2v) is 28.5. The molecule has 7 rings (SSSR count). The minimum Gasteiger partial charge on any atom is -0.481 e. The zero-order valence-corrected chi connectivity index (χ0v) is 65.7. The number of alkyl carbamates (subject to hydrolysis) is 1. The molecule has 13 unspecified atom stereocenters. The number of para-hydroxylation sites is 2. The second kappa shape index (κ2) is 44.2. The van der Waals surface area contributed by atoms with Crippen molar-refractivity contribution in [3.63, 3.8) is 0 Å². The molecule has 13 atom stereocenters. The molecule has 2 heterocycles. The molecule has 4 aromatic carbocycles. The van der Waals surface area contributed by atoms with Crippen LogP contribution in [-0.4, -0.2) is 248 Å². The van der Waals surface area contributed by atoms with Gasteiger partial charge in [0, 0.05) is 47.1 Å². The van der Waals surface area contributed by atoms with Gasteiger partial charge in [0.15, 0.2) is 5.78 Å². The summed E-state index contributed by atoms with van der Waals surface area (Å²) >= 11 is 0. The lowest BCUT2D eigenvalue weighted by Gasteiger charge is -2.30. The van der Waals surface area contributed by atoms with Gasteiger partial charge in [0.1, 0.15) is 79.2 Å². The van der Waals surface area contributed by atoms with Crippen LogP contribution >= 0.6 is 0 Å². The molecule has 23 N–H and O–H groups in total. The number of H-pyrrole nitrogens is 1. The van der Waals surface area contributed by atoms with Crippen LogP contribution < -0.4 is 80.6 Å². The van der Waals surface area contributed by atoms with Crippen LogP contribution in [0.3, 0.4) is 0 Å². The predicted molar refractivity (Wildman–Crippen MR) is 419 cm³/mol. The maximum absolute atomic E-state index is 14.9. The molecule has 1 fully saturated rings. The number of primary amides is 1. The lowest BCUT2D eigenvalue weighted by molar-refractivity contribution is -0.156. The number of rotatable bonds is 29. The number of unbranched alkanes of at least 4 members (excludes halogenated alkanes) is 1. The molecule has 1 aromatic heterocycles. The van der Waals surface area contributed by atoms with Gasteiger partial charge in [0.05, 0.1) is 51.8 Å². The van der Waals surface area contributed by atoms with E-state index in [9.17, 15) is 121 Å². The summed E-state index contributed by atoms with van der Waals surface area (Å²) < 4.78 is 11.5. The average molecular weight is 1690 g/mol. The van der Waals surface area contributed by atoms with E-state index in [1.54, 1.807) is 31.2 Å². The number of ether oxygens (including phenoxy) is 2. The maximum atomic E-state index is 14.9. The fourth-order valence-electron chi connectivity index (χ4n) is 13.1. The number of nitrogens with two attached hydrogens (primary N) is 2. The van der Waals surface area contributed by atoms with Gasteiger partial charge in [-0.25, -0.2) is 9.59 Å². The van der Waals surface area contributed by atoms with E-state index in [4.69, 9.17) is 20.9 Å². The number of nitrogens with one attached hydrogen (secondary N) is 14. The van der Waals surface area contributed by atoms with Crippen molar-refractivity contribution >= 4 is 135 Å². The number of fused-ring (bicyclic) bond motifs is 4. The molecule has 14 amide bonds. The molecular weight excluding hydrogens is 1590 g/mol. The SMILES string of the molecule is CCCCC1NC(=O)CNC(=O)C(NC(=O)C(CC(=O)O)NC(=O)C(CC(N)=O)NC(=O)C(Cc2c[nH]c3ccccc23)NC(=O)OCC2c3ccccc3-c3ccccc32)C(C)OC(=O)C(CC(=O)c2ccccc2N)NC(=O)C(C(C)CC(=O)O)NC(=O)C(CO)NC(=O)CNC(=O)C(CC(=O)O)NC(=O)C(C)NC(=O)C(CC(=O)O)NC1=O. The zero-order valence-electron chi connectivity index (χ0n) is 65.7. The maximum Gasteiger partial charge on any atom is 0.407 e. The monoisotopic (exact) mass is 1690 g/mol. The normalized spacial score (nSPS) is 21.0. The Kier molecular flexibility index (Phi) is 34.3. The van der Waals surface area contributed by atoms with Gasteiger partial charge >= 0.3 is 35.9 Å². The molecule has 0 radical (unpaired) electrons. The number of aromatic amines is 1. The number of carboxylic acid groups (broad SMARTS) is 4. The summed E-state index contributed by atoms with van der Waals surface area (Å²) in [4.78, 5) is 278. The van der Waals surface area contributed by atoms with Crippen molar-refractivity contribution in [2.75, 3.05) is 32.0 Å². The Balaban J connectivity index is 1.24. The highest BCUT2D eigenvalue weighted by Gasteiger charge is 2.42. The molecule has 0 spiro atoms. The number of benzene rings is 4. The minimum atomic E-state index is -2.46. The third-order valence-corrected chi connectivity index (χ3v) is 19.3. The predicted octanol–water partition coefficient (Wildman–Crippen LogP) is -3.89. The first kappa shape index (κ1) is 93.7. The van der Waals surface area contributed by atoms with E-state index in [1.807, 2.05) is 64.5 Å². The van der Waals surface area contributed by atoms with Crippen LogP contribution in [-0.2, 0) is 102 Å². The summed E-state index contributed by atoms with van der Waals surface area (Å²) in [6.45, 7) is 0.660. The van der Waals surface area contributed by atoms with E-state index in [-0.39, 0.29) is 37.1 Å². The molecule has 1 aliphatic carbocycles. The summed E-state index contributed by atoms with van der Waals surface area (Å²) in [5.74, 6) is -29.7. The van der Waals surface area contributed by atoms with Crippen molar-refractivity contribution in [2.45, 2.75) is 170 Å². The average Bonchev–Trinajstić information content (AvgIpc) is 1.61. The van der Waals surface area contributed by atoms with Crippen molar-refractivity contribution in [1.82, 2.24) is 74.1 Å². The number of Topliss-reactive ketones (excluding diaryl/α,β-unsaturated/α-hetero) is 1. The first-order chi connectivity index (χ1) is 57.4. The highest BCUT2D eigenvalue weighted by molar-refractivity contribution is 6.05. The Morgan fingerprint density at radius 2 is 1.07 bits per heavy atom. The van der Waals surface area contributed by atoms with Crippen LogP contribution in [0, 0.1) is 5.92 Å². The van der Waals surface area contributed by atoms with E-state index >= 15 is 0 Å². The third kappa shape index (κ3) is 27.3. The van der Waals surface area contributed by atoms with Gasteiger partial charge in [-0.05, 0) is 72.2 Å². The number of aliphatic hydroxyl groups is 1. The summed E-state index contributed by atoms with van der Waals surface area (Å²) in [5, 5.41) is 78.8. The van der Waals surface area contributed by atoms with Gasteiger partial charge in [0.25, 0.3) is 0 Å². The van der Waals surface area contributed by atoms with E-state index < -0.39 is 261 Å². The Labute approximate surface area is 688 Å². The van der Waals surface area contributed by atoms with Gasteiger partial charge < -0.3 is 121 Å². The fraction of sp³-hybridized carbons (Fsp3) is 0.410. The standard InChI is InChI=1S/C78H94N16O27/c1-5-6-22-49-69(110)89-53(29-63(104)105)70(111)84-37(3)67(108)87-52(28-62(102)103)68(109)82-32-60(99)86-56(34-95)74(115)93-65(36(2)24-61(100)101)76(117)91-55(26-57(96)45-20-11-13-21-47(45)79)77(118)121-38(4)66(75(116)83-33-59(98)85-49)94-73(114)54(30-64(106)107)90-72(113)51(27-58(80)97)88-71(112)50(25-39-31-81-48-23-14-12-15-40(39)48)92-78(119)120-35-46-43-18-9-7-16-41(43)42-17-8-10-19-44(42)46/h7-21,23,31,36-38,46,49-56,65-66,81,95H,5-6,22,24-30,32-35,79H2,1-4H3,(H2,80,97)(H,82,109)(H,83,116)(H,84,111)(H,85,98)(H,86,99)(H,87,108)(H,88,112)(H,89,110)(H,90,113)(H,91,117)(H,92,119)(H,93,115)(H,94,114)(H,100,101)(H,102,103)(H,104,105)(H,106,107). The van der Waals surface area contributed by atoms with E-state index in [2.05, 4.69) is 58.2 Å². The molecule has 5 aromatic rings. The number of aliphatic carboxylic acids is 4. The first-order valence-electron chi connectivity index (χ1n) is 37.9. The lowest BCUT2D eigenvalue weighted by Crippen LogP contribution is -2.62. The lowest BCUT2D eigenvalue weighted by atomic mass is 9.96. The summed E-state index contributed by atoms with van der Waals surface area (Å²) in [6.07, 6.45) is -9.01. The number of aliphatic hydroxyl groups excluding tert-OH is 1.